The molecule has 0 heteroatoms. The molecule has 0 fully saturated rings. The van der Waals surface area contributed by atoms with Gasteiger partial charge in [-0.25, -0.2) is 0 Å². The first-order valence-electron chi connectivity index (χ1n) is 9.65. The standard InChI is InChI=1S/C22H38/c1-5-7-8-9-10-11-12-20-13-15-21(16-14-20)17-19-22(3,4)18-6-2/h13-16H,5-12,17-19H2,1-4H3. The minimum atomic E-state index is 0.492. The molecular weight excluding hydrogens is 264 g/mol. The summed E-state index contributed by atoms with van der Waals surface area (Å²) in [5.74, 6) is 0. The highest BCUT2D eigenvalue weighted by Crippen LogP contribution is 2.28. The van der Waals surface area contributed by atoms with Crippen LogP contribution in [0, 0.1) is 5.41 Å². The van der Waals surface area contributed by atoms with Crippen LogP contribution in [-0.4, -0.2) is 0 Å². The van der Waals surface area contributed by atoms with Crippen molar-refractivity contribution in [1.82, 2.24) is 0 Å². The van der Waals surface area contributed by atoms with Crippen LogP contribution >= 0.6 is 0 Å². The molecule has 0 spiro atoms. The van der Waals surface area contributed by atoms with Crippen molar-refractivity contribution < 1.29 is 0 Å². The second kappa shape index (κ2) is 10.9. The van der Waals surface area contributed by atoms with E-state index in [0.717, 1.165) is 0 Å². The molecule has 0 amide bonds. The van der Waals surface area contributed by atoms with Gasteiger partial charge in [-0.15, -0.1) is 0 Å². The lowest BCUT2D eigenvalue weighted by Gasteiger charge is -2.23. The van der Waals surface area contributed by atoms with Crippen LogP contribution in [0.3, 0.4) is 0 Å². The summed E-state index contributed by atoms with van der Waals surface area (Å²) in [5.41, 5.74) is 3.52. The summed E-state index contributed by atoms with van der Waals surface area (Å²) in [6.07, 6.45) is 14.8. The van der Waals surface area contributed by atoms with Gasteiger partial charge in [0, 0.05) is 0 Å². The van der Waals surface area contributed by atoms with E-state index >= 15 is 0 Å². The summed E-state index contributed by atoms with van der Waals surface area (Å²) in [5, 5.41) is 0. The highest BCUT2D eigenvalue weighted by atomic mass is 14.2. The smallest absolute Gasteiger partial charge is 0.0274 e. The van der Waals surface area contributed by atoms with Gasteiger partial charge in [-0.3, -0.25) is 0 Å². The van der Waals surface area contributed by atoms with E-state index in [2.05, 4.69) is 52.0 Å². The predicted octanol–water partition coefficient (Wildman–Crippen LogP) is 7.35. The van der Waals surface area contributed by atoms with Crippen LogP contribution in [0.2, 0.25) is 0 Å². The highest BCUT2D eigenvalue weighted by Gasteiger charge is 2.15. The molecule has 0 N–H and O–H groups in total. The Labute approximate surface area is 139 Å². The molecule has 0 unspecified atom stereocenters. The van der Waals surface area contributed by atoms with Crippen molar-refractivity contribution in [3.8, 4) is 0 Å². The van der Waals surface area contributed by atoms with Crippen LogP contribution in [0.15, 0.2) is 24.3 Å². The van der Waals surface area contributed by atoms with Crippen LogP contribution in [-0.2, 0) is 12.8 Å². The average molecular weight is 303 g/mol. The minimum absolute atomic E-state index is 0.492. The third-order valence-corrected chi connectivity index (χ3v) is 4.86. The molecule has 1 rings (SSSR count). The molecule has 0 aliphatic rings. The topological polar surface area (TPSA) is 0 Å². The monoisotopic (exact) mass is 302 g/mol. The van der Waals surface area contributed by atoms with Crippen molar-refractivity contribution in [1.29, 1.82) is 0 Å². The van der Waals surface area contributed by atoms with Gasteiger partial charge in [-0.05, 0) is 48.6 Å². The van der Waals surface area contributed by atoms with Gasteiger partial charge in [0.2, 0.25) is 0 Å². The molecule has 126 valence electrons. The second-order valence-electron chi connectivity index (χ2n) is 7.75. The normalized spacial score (nSPS) is 11.8. The zero-order chi connectivity index (χ0) is 16.3. The van der Waals surface area contributed by atoms with E-state index in [0.29, 0.717) is 5.41 Å². The zero-order valence-electron chi connectivity index (χ0n) is 15.6. The van der Waals surface area contributed by atoms with Crippen LogP contribution < -0.4 is 0 Å². The van der Waals surface area contributed by atoms with Crippen molar-refractivity contribution in [2.45, 2.75) is 98.3 Å². The largest absolute Gasteiger partial charge is 0.0654 e. The fraction of sp³-hybridized carbons (Fsp3) is 0.727. The zero-order valence-corrected chi connectivity index (χ0v) is 15.6. The van der Waals surface area contributed by atoms with Gasteiger partial charge in [0.05, 0.1) is 0 Å². The summed E-state index contributed by atoms with van der Waals surface area (Å²) < 4.78 is 0. The highest BCUT2D eigenvalue weighted by molar-refractivity contribution is 5.22. The number of unbranched alkanes of at least 4 members (excludes halogenated alkanes) is 5. The minimum Gasteiger partial charge on any atom is -0.0654 e. The lowest BCUT2D eigenvalue weighted by Crippen LogP contribution is -2.11. The predicted molar refractivity (Wildman–Crippen MR) is 101 cm³/mol. The maximum absolute atomic E-state index is 2.41. The van der Waals surface area contributed by atoms with E-state index in [1.807, 2.05) is 0 Å². The van der Waals surface area contributed by atoms with E-state index in [9.17, 15) is 0 Å². The number of hydrogen-bond donors (Lipinski definition) is 0. The van der Waals surface area contributed by atoms with Crippen LogP contribution in [0.1, 0.15) is 96.6 Å². The Kier molecular flexibility index (Phi) is 9.52. The van der Waals surface area contributed by atoms with Gasteiger partial charge in [0.1, 0.15) is 0 Å². The van der Waals surface area contributed by atoms with E-state index in [4.69, 9.17) is 0 Å². The summed E-state index contributed by atoms with van der Waals surface area (Å²) in [6.45, 7) is 9.39. The van der Waals surface area contributed by atoms with Crippen LogP contribution in [0.5, 0.6) is 0 Å². The second-order valence-corrected chi connectivity index (χ2v) is 7.75. The Morgan fingerprint density at radius 1 is 0.636 bits per heavy atom. The van der Waals surface area contributed by atoms with E-state index < -0.39 is 0 Å². The van der Waals surface area contributed by atoms with Crippen LogP contribution in [0.4, 0.5) is 0 Å². The summed E-state index contributed by atoms with van der Waals surface area (Å²) in [7, 11) is 0. The maximum Gasteiger partial charge on any atom is -0.0274 e. The van der Waals surface area contributed by atoms with Gasteiger partial charge in [0.15, 0.2) is 0 Å². The first-order chi connectivity index (χ1) is 10.6. The van der Waals surface area contributed by atoms with Gasteiger partial charge in [-0.1, -0.05) is 90.5 Å². The Morgan fingerprint density at radius 2 is 1.18 bits per heavy atom. The summed E-state index contributed by atoms with van der Waals surface area (Å²) in [4.78, 5) is 0. The van der Waals surface area contributed by atoms with E-state index in [1.54, 1.807) is 0 Å². The SMILES string of the molecule is CCCCCCCCc1ccc(CCC(C)(C)CCC)cc1. The fourth-order valence-electron chi connectivity index (χ4n) is 3.27. The number of rotatable bonds is 12. The third kappa shape index (κ3) is 8.61. The molecule has 0 aliphatic carbocycles. The van der Waals surface area contributed by atoms with Crippen LogP contribution in [0.25, 0.3) is 0 Å². The molecule has 0 aliphatic heterocycles. The van der Waals surface area contributed by atoms with Gasteiger partial charge in [-0.2, -0.15) is 0 Å². The fourth-order valence-corrected chi connectivity index (χ4v) is 3.27. The molecule has 0 bridgehead atoms. The van der Waals surface area contributed by atoms with Gasteiger partial charge in [0.25, 0.3) is 0 Å². The lowest BCUT2D eigenvalue weighted by atomic mass is 9.82. The molecule has 0 atom stereocenters. The Hall–Kier alpha value is -0.780. The first-order valence-corrected chi connectivity index (χ1v) is 9.65. The van der Waals surface area contributed by atoms with Crippen molar-refractivity contribution in [2.75, 3.05) is 0 Å². The van der Waals surface area contributed by atoms with Gasteiger partial charge >= 0.3 is 0 Å². The molecule has 0 heterocycles. The Bertz CT molecular complexity index is 372. The van der Waals surface area contributed by atoms with Gasteiger partial charge < -0.3 is 0 Å². The molecule has 0 aromatic heterocycles. The van der Waals surface area contributed by atoms with Crippen molar-refractivity contribution in [3.05, 3.63) is 35.4 Å². The molecule has 0 saturated heterocycles. The molecule has 0 radical (unpaired) electrons. The van der Waals surface area contributed by atoms with Crippen molar-refractivity contribution in [2.24, 2.45) is 5.41 Å². The van der Waals surface area contributed by atoms with E-state index in [1.165, 1.54) is 81.8 Å². The van der Waals surface area contributed by atoms with Crippen molar-refractivity contribution in [3.63, 3.8) is 0 Å². The number of benzene rings is 1. The summed E-state index contributed by atoms with van der Waals surface area (Å²) in [6, 6.07) is 9.42. The maximum atomic E-state index is 2.41. The first kappa shape index (κ1) is 19.3. The van der Waals surface area contributed by atoms with Crippen molar-refractivity contribution >= 4 is 0 Å². The summed E-state index contributed by atoms with van der Waals surface area (Å²) >= 11 is 0. The molecule has 0 saturated carbocycles. The molecule has 22 heavy (non-hydrogen) atoms. The molecule has 1 aromatic rings. The lowest BCUT2D eigenvalue weighted by molar-refractivity contribution is 0.304. The number of aryl methyl sites for hydroxylation is 2. The molecular formula is C22H38. The Morgan fingerprint density at radius 3 is 1.77 bits per heavy atom. The molecule has 1 aromatic carbocycles. The Balaban J connectivity index is 2.25. The number of hydrogen-bond acceptors (Lipinski definition) is 0. The quantitative estimate of drug-likeness (QED) is 0.354. The molecule has 0 nitrogen and oxygen atoms in total. The van der Waals surface area contributed by atoms with E-state index in [-0.39, 0.29) is 0 Å². The average Bonchev–Trinajstić information content (AvgIpc) is 2.50. The third-order valence-electron chi connectivity index (χ3n) is 4.86.